The average molecular weight is 552 g/mol. The number of hydrogen-bond donors (Lipinski definition) is 3. The first-order valence-electron chi connectivity index (χ1n) is 12.8. The fourth-order valence-corrected chi connectivity index (χ4v) is 4.95. The number of fused-ring (bicyclic) bond motifs is 1. The van der Waals surface area contributed by atoms with E-state index >= 15 is 0 Å². The van der Waals surface area contributed by atoms with E-state index in [0.717, 1.165) is 47.1 Å². The van der Waals surface area contributed by atoms with Gasteiger partial charge < -0.3 is 25.2 Å². The Morgan fingerprint density at radius 1 is 1.15 bits per heavy atom. The number of hydrogen-bond acceptors (Lipinski definition) is 11. The molecule has 0 spiro atoms. The van der Waals surface area contributed by atoms with Crippen molar-refractivity contribution >= 4 is 44.9 Å². The molecule has 3 heterocycles. The number of rotatable bonds is 12. The molecule has 1 amide bonds. The van der Waals surface area contributed by atoms with Gasteiger partial charge in [0.25, 0.3) is 0 Å². The van der Waals surface area contributed by atoms with Crippen LogP contribution in [0.4, 0.5) is 10.9 Å². The molecule has 0 aliphatic rings. The maximum absolute atomic E-state index is 13.1. The molecule has 0 unspecified atom stereocenters. The quantitative estimate of drug-likeness (QED) is 0.167. The summed E-state index contributed by atoms with van der Waals surface area (Å²) in [6.45, 7) is 7.86. The molecule has 0 saturated carbocycles. The minimum Gasteiger partial charge on any atom is -0.459 e. The van der Waals surface area contributed by atoms with Crippen LogP contribution in [0.5, 0.6) is 0 Å². The molecule has 0 aliphatic carbocycles. The minimum atomic E-state index is -0.440. The standard InChI is InChI=1S/C27H33N7O4S/c1-15(2)37-26(36)23-16(3)30-27(39-23)33-22(35)14-20(7-6-11-28-5)32-25-21-13-19(24-31-17(4)38-34-24)9-8-18(21)10-12-29-25/h8-10,12-13,15,20,28H,6-7,11,14H2,1-5H3,(H,29,32)(H,30,33,35)/t20-/m0/s1. The second kappa shape index (κ2) is 12.8. The average Bonchev–Trinajstić information content (AvgIpc) is 3.48. The Kier molecular flexibility index (Phi) is 9.20. The summed E-state index contributed by atoms with van der Waals surface area (Å²) in [5, 5.41) is 15.8. The first-order valence-corrected chi connectivity index (χ1v) is 13.6. The van der Waals surface area contributed by atoms with E-state index in [2.05, 4.69) is 36.1 Å². The predicted molar refractivity (Wildman–Crippen MR) is 151 cm³/mol. The molecule has 0 fully saturated rings. The van der Waals surface area contributed by atoms with Crippen molar-refractivity contribution in [1.29, 1.82) is 0 Å². The number of aryl methyl sites for hydroxylation is 2. The molecular formula is C27H33N7O4S. The number of amides is 1. The number of carbonyl (C=O) groups excluding carboxylic acids is 2. The summed E-state index contributed by atoms with van der Waals surface area (Å²) in [6.07, 6.45) is 3.29. The van der Waals surface area contributed by atoms with E-state index < -0.39 is 5.97 Å². The van der Waals surface area contributed by atoms with E-state index in [1.807, 2.05) is 31.3 Å². The van der Waals surface area contributed by atoms with Crippen LogP contribution in [-0.4, -0.2) is 57.7 Å². The zero-order valence-electron chi connectivity index (χ0n) is 22.7. The first kappa shape index (κ1) is 28.1. The lowest BCUT2D eigenvalue weighted by molar-refractivity contribution is -0.116. The third-order valence-corrected chi connectivity index (χ3v) is 6.93. The van der Waals surface area contributed by atoms with Crippen LogP contribution in [0.1, 0.15) is 54.4 Å². The Hall–Kier alpha value is -3.90. The van der Waals surface area contributed by atoms with Gasteiger partial charge in [0.05, 0.1) is 11.8 Å². The summed E-state index contributed by atoms with van der Waals surface area (Å²) in [4.78, 5) is 39.0. The number of nitrogens with zero attached hydrogens (tertiary/aromatic N) is 4. The number of ether oxygens (including phenoxy) is 1. The number of thiazole rings is 1. The molecule has 0 radical (unpaired) electrons. The van der Waals surface area contributed by atoms with Crippen molar-refractivity contribution in [3.8, 4) is 11.4 Å². The van der Waals surface area contributed by atoms with Crippen LogP contribution in [0.2, 0.25) is 0 Å². The van der Waals surface area contributed by atoms with Gasteiger partial charge in [-0.1, -0.05) is 28.6 Å². The van der Waals surface area contributed by atoms with Crippen LogP contribution in [0, 0.1) is 13.8 Å². The fourth-order valence-electron chi connectivity index (χ4n) is 4.08. The van der Waals surface area contributed by atoms with Gasteiger partial charge in [0, 0.05) is 36.5 Å². The van der Waals surface area contributed by atoms with Crippen LogP contribution in [0.15, 0.2) is 35.0 Å². The molecule has 1 aromatic carbocycles. The highest BCUT2D eigenvalue weighted by Gasteiger charge is 2.21. The van der Waals surface area contributed by atoms with Crippen LogP contribution >= 0.6 is 11.3 Å². The van der Waals surface area contributed by atoms with Crippen molar-refractivity contribution in [2.24, 2.45) is 0 Å². The lowest BCUT2D eigenvalue weighted by Crippen LogP contribution is -2.28. The van der Waals surface area contributed by atoms with E-state index in [1.165, 1.54) is 0 Å². The number of carbonyl (C=O) groups is 2. The monoisotopic (exact) mass is 551 g/mol. The van der Waals surface area contributed by atoms with Gasteiger partial charge in [-0.3, -0.25) is 4.79 Å². The third kappa shape index (κ3) is 7.36. The molecule has 0 bridgehead atoms. The molecule has 39 heavy (non-hydrogen) atoms. The zero-order chi connectivity index (χ0) is 27.9. The van der Waals surface area contributed by atoms with Crippen LogP contribution in [0.3, 0.4) is 0 Å². The highest BCUT2D eigenvalue weighted by molar-refractivity contribution is 7.17. The maximum atomic E-state index is 13.1. The lowest BCUT2D eigenvalue weighted by atomic mass is 10.0. The van der Waals surface area contributed by atoms with Crippen LogP contribution in [-0.2, 0) is 9.53 Å². The van der Waals surface area contributed by atoms with Crippen LogP contribution < -0.4 is 16.0 Å². The van der Waals surface area contributed by atoms with E-state index in [0.29, 0.717) is 33.2 Å². The fraction of sp³-hybridized carbons (Fsp3) is 0.407. The number of pyridine rings is 1. The molecule has 11 nitrogen and oxygen atoms in total. The van der Waals surface area contributed by atoms with Crippen molar-refractivity contribution in [2.45, 2.75) is 59.1 Å². The summed E-state index contributed by atoms with van der Waals surface area (Å²) < 4.78 is 10.4. The SMILES string of the molecule is CNCCC[C@@H](CC(=O)Nc1nc(C)c(C(=O)OC(C)C)s1)Nc1nccc2ccc(-c3noc(C)n3)cc12. The smallest absolute Gasteiger partial charge is 0.350 e. The Balaban J connectivity index is 1.51. The van der Waals surface area contributed by atoms with E-state index in [-0.39, 0.29) is 24.5 Å². The van der Waals surface area contributed by atoms with Gasteiger partial charge in [-0.15, -0.1) is 0 Å². The number of nitrogens with one attached hydrogen (secondary N) is 3. The Bertz CT molecular complexity index is 1450. The molecule has 3 N–H and O–H groups in total. The third-order valence-electron chi connectivity index (χ3n) is 5.87. The molecule has 0 aliphatic heterocycles. The lowest BCUT2D eigenvalue weighted by Gasteiger charge is -2.20. The van der Waals surface area contributed by atoms with Gasteiger partial charge >= 0.3 is 5.97 Å². The molecule has 0 saturated heterocycles. The number of aromatic nitrogens is 4. The summed E-state index contributed by atoms with van der Waals surface area (Å²) in [5.74, 6) is 1.01. The van der Waals surface area contributed by atoms with Gasteiger partial charge in [-0.05, 0) is 64.7 Å². The van der Waals surface area contributed by atoms with Gasteiger partial charge in [0.1, 0.15) is 10.7 Å². The Morgan fingerprint density at radius 2 is 1.97 bits per heavy atom. The number of anilines is 2. The van der Waals surface area contributed by atoms with Crippen molar-refractivity contribution in [3.05, 3.63) is 46.9 Å². The maximum Gasteiger partial charge on any atom is 0.350 e. The second-order valence-electron chi connectivity index (χ2n) is 9.46. The zero-order valence-corrected chi connectivity index (χ0v) is 23.5. The van der Waals surface area contributed by atoms with E-state index in [4.69, 9.17) is 9.26 Å². The highest BCUT2D eigenvalue weighted by atomic mass is 32.1. The second-order valence-corrected chi connectivity index (χ2v) is 10.5. The molecule has 4 aromatic rings. The Labute approximate surface area is 230 Å². The normalized spacial score (nSPS) is 12.1. The molecule has 12 heteroatoms. The number of benzene rings is 1. The highest BCUT2D eigenvalue weighted by Crippen LogP contribution is 2.28. The van der Waals surface area contributed by atoms with Crippen molar-refractivity contribution in [1.82, 2.24) is 25.4 Å². The van der Waals surface area contributed by atoms with Crippen molar-refractivity contribution in [2.75, 3.05) is 24.2 Å². The summed E-state index contributed by atoms with van der Waals surface area (Å²) >= 11 is 1.11. The molecule has 1 atom stereocenters. The summed E-state index contributed by atoms with van der Waals surface area (Å²) in [5.41, 5.74) is 1.34. The molecular weight excluding hydrogens is 518 g/mol. The van der Waals surface area contributed by atoms with Crippen molar-refractivity contribution in [3.63, 3.8) is 0 Å². The summed E-state index contributed by atoms with van der Waals surface area (Å²) in [6, 6.07) is 7.63. The van der Waals surface area contributed by atoms with Crippen LogP contribution in [0.25, 0.3) is 22.2 Å². The molecule has 4 rings (SSSR count). The van der Waals surface area contributed by atoms with Gasteiger partial charge in [0.2, 0.25) is 17.6 Å². The van der Waals surface area contributed by atoms with E-state index in [9.17, 15) is 9.59 Å². The minimum absolute atomic E-state index is 0.190. The van der Waals surface area contributed by atoms with E-state index in [1.54, 1.807) is 33.9 Å². The van der Waals surface area contributed by atoms with Crippen molar-refractivity contribution < 1.29 is 18.8 Å². The molecule has 206 valence electrons. The Morgan fingerprint density at radius 3 is 2.69 bits per heavy atom. The number of esters is 1. The predicted octanol–water partition coefficient (Wildman–Crippen LogP) is 4.73. The van der Waals surface area contributed by atoms with Gasteiger partial charge in [0.15, 0.2) is 5.13 Å². The van der Waals surface area contributed by atoms with Gasteiger partial charge in [-0.2, -0.15) is 4.98 Å². The largest absolute Gasteiger partial charge is 0.459 e. The van der Waals surface area contributed by atoms with Gasteiger partial charge in [-0.25, -0.2) is 14.8 Å². The summed E-state index contributed by atoms with van der Waals surface area (Å²) in [7, 11) is 1.90. The first-order chi connectivity index (χ1) is 18.7. The topological polar surface area (TPSA) is 144 Å². The molecule has 3 aromatic heterocycles.